The summed E-state index contributed by atoms with van der Waals surface area (Å²) < 4.78 is 33.3. The quantitative estimate of drug-likeness (QED) is 0.566. The number of benzene rings is 3. The van der Waals surface area contributed by atoms with Crippen LogP contribution in [0.1, 0.15) is 13.8 Å². The molecule has 152 valence electrons. The summed E-state index contributed by atoms with van der Waals surface area (Å²) in [6.45, 7) is 4.19. The van der Waals surface area contributed by atoms with Crippen molar-refractivity contribution in [2.24, 2.45) is 0 Å². The largest absolute Gasteiger partial charge is 0.465 e. The summed E-state index contributed by atoms with van der Waals surface area (Å²) >= 11 is 0. The molecule has 0 atom stereocenters. The molecule has 0 heterocycles. The van der Waals surface area contributed by atoms with Gasteiger partial charge in [0.15, 0.2) is 0 Å². The van der Waals surface area contributed by atoms with Gasteiger partial charge in [0.1, 0.15) is 6.54 Å². The highest BCUT2D eigenvalue weighted by molar-refractivity contribution is 7.93. The van der Waals surface area contributed by atoms with Gasteiger partial charge in [0, 0.05) is 17.6 Å². The summed E-state index contributed by atoms with van der Waals surface area (Å²) in [6, 6.07) is 19.3. The lowest BCUT2D eigenvalue weighted by Crippen LogP contribution is -2.36. The van der Waals surface area contributed by atoms with Crippen LogP contribution in [0.15, 0.2) is 71.6 Å². The Morgan fingerprint density at radius 3 is 2.34 bits per heavy atom. The molecule has 3 aromatic rings. The molecular weight excluding hydrogens is 388 g/mol. The fourth-order valence-electron chi connectivity index (χ4n) is 3.13. The highest BCUT2D eigenvalue weighted by Crippen LogP contribution is 2.29. The first kappa shape index (κ1) is 20.7. The normalized spacial score (nSPS) is 11.2. The first-order chi connectivity index (χ1) is 14.0. The van der Waals surface area contributed by atoms with Gasteiger partial charge in [-0.05, 0) is 49.6 Å². The first-order valence-electron chi connectivity index (χ1n) is 9.47. The Hall–Kier alpha value is -3.06. The summed E-state index contributed by atoms with van der Waals surface area (Å²) in [5, 5.41) is 4.59. The van der Waals surface area contributed by atoms with Crippen molar-refractivity contribution in [1.82, 2.24) is 0 Å². The van der Waals surface area contributed by atoms with E-state index < -0.39 is 22.5 Å². The molecule has 0 aliphatic heterocycles. The van der Waals surface area contributed by atoms with Crippen molar-refractivity contribution in [1.29, 1.82) is 0 Å². The van der Waals surface area contributed by atoms with E-state index in [0.29, 0.717) is 11.1 Å². The van der Waals surface area contributed by atoms with Gasteiger partial charge in [-0.15, -0.1) is 0 Å². The van der Waals surface area contributed by atoms with Crippen LogP contribution in [0.2, 0.25) is 0 Å². The van der Waals surface area contributed by atoms with Crippen LogP contribution in [0.5, 0.6) is 0 Å². The third-order valence-electron chi connectivity index (χ3n) is 4.43. The number of sulfonamides is 1. The number of nitrogens with zero attached hydrogens (tertiary/aromatic N) is 1. The molecule has 0 fully saturated rings. The number of carbonyl (C=O) groups excluding carboxylic acids is 1. The molecule has 1 N–H and O–H groups in total. The number of nitrogens with one attached hydrogen (secondary N) is 1. The Bertz CT molecular complexity index is 1090. The Morgan fingerprint density at radius 1 is 0.966 bits per heavy atom. The second-order valence-corrected chi connectivity index (χ2v) is 8.20. The topological polar surface area (TPSA) is 75.7 Å². The number of anilines is 2. The van der Waals surface area contributed by atoms with Crippen LogP contribution in [-0.2, 0) is 19.6 Å². The maximum atomic E-state index is 13.6. The molecule has 0 aliphatic carbocycles. The van der Waals surface area contributed by atoms with Gasteiger partial charge in [-0.25, -0.2) is 8.42 Å². The fraction of sp³-hybridized carbons (Fsp3) is 0.227. The maximum absolute atomic E-state index is 13.6. The lowest BCUT2D eigenvalue weighted by molar-refractivity contribution is -0.141. The zero-order valence-corrected chi connectivity index (χ0v) is 17.3. The lowest BCUT2D eigenvalue weighted by Gasteiger charge is -2.24. The van der Waals surface area contributed by atoms with Gasteiger partial charge in [0.25, 0.3) is 10.0 Å². The monoisotopic (exact) mass is 412 g/mol. The van der Waals surface area contributed by atoms with E-state index in [1.54, 1.807) is 55.5 Å². The SMILES string of the molecule is CCNc1ccc(N(CC(=O)OCC)S(=O)(=O)c2cccc3ccccc23)cc1. The Morgan fingerprint density at radius 2 is 1.66 bits per heavy atom. The molecule has 3 rings (SSSR count). The first-order valence-corrected chi connectivity index (χ1v) is 10.9. The standard InChI is InChI=1S/C22H24N2O4S/c1-3-23-18-12-14-19(15-13-18)24(16-22(25)28-4-2)29(26,27)21-11-7-9-17-8-5-6-10-20(17)21/h5-15,23H,3-4,16H2,1-2H3. The lowest BCUT2D eigenvalue weighted by atomic mass is 10.1. The second kappa shape index (κ2) is 8.96. The summed E-state index contributed by atoms with van der Waals surface area (Å²) in [5.74, 6) is -0.605. The van der Waals surface area contributed by atoms with Crippen molar-refractivity contribution in [2.75, 3.05) is 29.3 Å². The minimum absolute atomic E-state index is 0.149. The number of hydrogen-bond donors (Lipinski definition) is 1. The zero-order chi connectivity index (χ0) is 20.9. The molecular formula is C22H24N2O4S. The fourth-order valence-corrected chi connectivity index (χ4v) is 4.75. The highest BCUT2D eigenvalue weighted by Gasteiger charge is 2.29. The molecule has 0 unspecified atom stereocenters. The molecule has 0 aliphatic rings. The van der Waals surface area contributed by atoms with E-state index in [2.05, 4.69) is 5.32 Å². The third-order valence-corrected chi connectivity index (χ3v) is 6.26. The average molecular weight is 413 g/mol. The molecule has 29 heavy (non-hydrogen) atoms. The van der Waals surface area contributed by atoms with Gasteiger partial charge in [-0.2, -0.15) is 0 Å². The number of fused-ring (bicyclic) bond motifs is 1. The van der Waals surface area contributed by atoms with E-state index in [1.807, 2.05) is 25.1 Å². The molecule has 7 heteroatoms. The van der Waals surface area contributed by atoms with Crippen molar-refractivity contribution < 1.29 is 17.9 Å². The highest BCUT2D eigenvalue weighted by atomic mass is 32.2. The van der Waals surface area contributed by atoms with Crippen LogP contribution in [0.4, 0.5) is 11.4 Å². The van der Waals surface area contributed by atoms with E-state index in [1.165, 1.54) is 0 Å². The van der Waals surface area contributed by atoms with Crippen molar-refractivity contribution in [3.8, 4) is 0 Å². The van der Waals surface area contributed by atoms with Crippen molar-refractivity contribution >= 4 is 38.1 Å². The Labute approximate surface area is 171 Å². The summed E-state index contributed by atoms with van der Waals surface area (Å²) in [7, 11) is -4.01. The molecule has 0 saturated heterocycles. The van der Waals surface area contributed by atoms with Crippen molar-refractivity contribution in [3.63, 3.8) is 0 Å². The molecule has 0 saturated carbocycles. The molecule has 6 nitrogen and oxygen atoms in total. The Balaban J connectivity index is 2.09. The van der Waals surface area contributed by atoms with E-state index >= 15 is 0 Å². The molecule has 0 bridgehead atoms. The van der Waals surface area contributed by atoms with Gasteiger partial charge in [0.2, 0.25) is 0 Å². The van der Waals surface area contributed by atoms with Crippen LogP contribution >= 0.6 is 0 Å². The number of rotatable bonds is 8. The van der Waals surface area contributed by atoms with Gasteiger partial charge >= 0.3 is 5.97 Å². The molecule has 0 radical (unpaired) electrons. The van der Waals surface area contributed by atoms with E-state index in [4.69, 9.17) is 4.74 Å². The Kier molecular flexibility index (Phi) is 6.39. The van der Waals surface area contributed by atoms with Gasteiger partial charge in [-0.3, -0.25) is 9.10 Å². The molecule has 3 aromatic carbocycles. The van der Waals surface area contributed by atoms with Crippen LogP contribution in [0, 0.1) is 0 Å². The number of esters is 1. The van der Waals surface area contributed by atoms with Gasteiger partial charge in [-0.1, -0.05) is 36.4 Å². The second-order valence-electron chi connectivity index (χ2n) is 6.37. The maximum Gasteiger partial charge on any atom is 0.326 e. The molecule has 0 amide bonds. The zero-order valence-electron chi connectivity index (χ0n) is 16.5. The van der Waals surface area contributed by atoms with Crippen molar-refractivity contribution in [3.05, 3.63) is 66.7 Å². The minimum atomic E-state index is -4.01. The van der Waals surface area contributed by atoms with E-state index in [-0.39, 0.29) is 11.5 Å². The summed E-state index contributed by atoms with van der Waals surface area (Å²) in [5.41, 5.74) is 1.27. The van der Waals surface area contributed by atoms with Crippen LogP contribution in [-0.4, -0.2) is 34.1 Å². The molecule has 0 spiro atoms. The third kappa shape index (κ3) is 4.51. The summed E-state index contributed by atoms with van der Waals surface area (Å²) in [6.07, 6.45) is 0. The van der Waals surface area contributed by atoms with Crippen molar-refractivity contribution in [2.45, 2.75) is 18.7 Å². The minimum Gasteiger partial charge on any atom is -0.465 e. The van der Waals surface area contributed by atoms with Crippen LogP contribution < -0.4 is 9.62 Å². The summed E-state index contributed by atoms with van der Waals surface area (Å²) in [4.78, 5) is 12.3. The van der Waals surface area contributed by atoms with Crippen LogP contribution in [0.25, 0.3) is 10.8 Å². The van der Waals surface area contributed by atoms with Crippen LogP contribution in [0.3, 0.4) is 0 Å². The number of hydrogen-bond acceptors (Lipinski definition) is 5. The molecule has 0 aromatic heterocycles. The predicted molar refractivity (Wildman–Crippen MR) is 116 cm³/mol. The predicted octanol–water partition coefficient (Wildman–Crippen LogP) is 4.03. The van der Waals surface area contributed by atoms with Gasteiger partial charge in [0.05, 0.1) is 17.2 Å². The average Bonchev–Trinajstić information content (AvgIpc) is 2.72. The van der Waals surface area contributed by atoms with E-state index in [0.717, 1.165) is 21.9 Å². The van der Waals surface area contributed by atoms with Gasteiger partial charge < -0.3 is 10.1 Å². The number of carbonyl (C=O) groups is 1. The number of ether oxygens (including phenoxy) is 1. The van der Waals surface area contributed by atoms with E-state index in [9.17, 15) is 13.2 Å². The smallest absolute Gasteiger partial charge is 0.326 e.